The van der Waals surface area contributed by atoms with E-state index in [0.29, 0.717) is 0 Å². The fourth-order valence-electron chi connectivity index (χ4n) is 2.44. The van der Waals surface area contributed by atoms with Crippen LogP contribution in [0.15, 0.2) is 0 Å². The zero-order chi connectivity index (χ0) is 10.3. The van der Waals surface area contributed by atoms with Gasteiger partial charge in [-0.2, -0.15) is 0 Å². The van der Waals surface area contributed by atoms with E-state index in [-0.39, 0.29) is 0 Å². The monoisotopic (exact) mass is 293 g/mol. The second kappa shape index (κ2) is 7.10. The predicted octanol–water partition coefficient (Wildman–Crippen LogP) is 3.72. The molecule has 0 fully saturated rings. The molecule has 0 radical (unpaired) electrons. The summed E-state index contributed by atoms with van der Waals surface area (Å²) in [6.07, 6.45) is 4.19. The Morgan fingerprint density at radius 2 is 1.08 bits per heavy atom. The molecule has 80 valence electrons. The van der Waals surface area contributed by atoms with E-state index in [9.17, 15) is 0 Å². The van der Waals surface area contributed by atoms with Crippen molar-refractivity contribution in [1.82, 2.24) is 3.12 Å². The standard InChI is InChI=1S/3C3H7.C2H6N.Sn/c4*1-3-2;/h3*1,3H2,2H3;1-2H3;/q;;;-1;+1. The Kier molecular flexibility index (Phi) is 7.52. The van der Waals surface area contributed by atoms with Crippen molar-refractivity contribution in [2.24, 2.45) is 0 Å². The molecule has 0 rings (SSSR count). The molecule has 13 heavy (non-hydrogen) atoms. The van der Waals surface area contributed by atoms with Gasteiger partial charge in [0.2, 0.25) is 0 Å². The zero-order valence-corrected chi connectivity index (χ0v) is 13.0. The zero-order valence-electron chi connectivity index (χ0n) is 10.2. The predicted molar refractivity (Wildman–Crippen MR) is 64.7 cm³/mol. The van der Waals surface area contributed by atoms with Crippen molar-refractivity contribution >= 4 is 18.7 Å². The Morgan fingerprint density at radius 3 is 1.23 bits per heavy atom. The molecule has 0 unspecified atom stereocenters. The Morgan fingerprint density at radius 1 is 0.769 bits per heavy atom. The van der Waals surface area contributed by atoms with E-state index in [4.69, 9.17) is 0 Å². The van der Waals surface area contributed by atoms with Crippen molar-refractivity contribution in [2.45, 2.75) is 53.3 Å². The minimum atomic E-state index is -1.82. The van der Waals surface area contributed by atoms with Crippen LogP contribution in [0.4, 0.5) is 0 Å². The van der Waals surface area contributed by atoms with Gasteiger partial charge in [-0.05, 0) is 0 Å². The molecule has 0 bridgehead atoms. The summed E-state index contributed by atoms with van der Waals surface area (Å²) in [6, 6.07) is 0. The topological polar surface area (TPSA) is 3.24 Å². The first-order valence-electron chi connectivity index (χ1n) is 5.80. The van der Waals surface area contributed by atoms with Crippen LogP contribution >= 0.6 is 0 Å². The molecule has 0 N–H and O–H groups in total. The summed E-state index contributed by atoms with van der Waals surface area (Å²) in [5, 5.41) is 0. The van der Waals surface area contributed by atoms with Gasteiger partial charge in [-0.25, -0.2) is 0 Å². The Hall–Kier alpha value is 0.759. The van der Waals surface area contributed by atoms with Gasteiger partial charge in [0, 0.05) is 0 Å². The number of hydrogen-bond donors (Lipinski definition) is 0. The van der Waals surface area contributed by atoms with Crippen LogP contribution in [0.1, 0.15) is 40.0 Å². The molecule has 2 heteroatoms. The molecule has 0 amide bonds. The molecule has 0 saturated carbocycles. The van der Waals surface area contributed by atoms with Crippen LogP contribution in [0, 0.1) is 0 Å². The van der Waals surface area contributed by atoms with Crippen LogP contribution < -0.4 is 0 Å². The van der Waals surface area contributed by atoms with Crippen LogP contribution in [-0.2, 0) is 0 Å². The summed E-state index contributed by atoms with van der Waals surface area (Å²) in [6.45, 7) is 7.04. The first-order chi connectivity index (χ1) is 6.13. The summed E-state index contributed by atoms with van der Waals surface area (Å²) >= 11 is -1.82. The summed E-state index contributed by atoms with van der Waals surface area (Å²) in [5.74, 6) is 0. The third-order valence-electron chi connectivity index (χ3n) is 3.09. The number of rotatable bonds is 7. The molecule has 0 aliphatic carbocycles. The molecular formula is C11H27NSn. The average molecular weight is 292 g/mol. The van der Waals surface area contributed by atoms with E-state index in [0.717, 1.165) is 0 Å². The van der Waals surface area contributed by atoms with Gasteiger partial charge in [-0.3, -0.25) is 0 Å². The summed E-state index contributed by atoms with van der Waals surface area (Å²) in [7, 11) is 4.66. The van der Waals surface area contributed by atoms with Gasteiger partial charge in [-0.1, -0.05) is 0 Å². The summed E-state index contributed by atoms with van der Waals surface area (Å²) in [4.78, 5) is 0. The molecule has 0 atom stereocenters. The molecule has 0 aromatic heterocycles. The van der Waals surface area contributed by atoms with Crippen molar-refractivity contribution in [3.63, 3.8) is 0 Å². The molecular weight excluding hydrogens is 265 g/mol. The van der Waals surface area contributed by atoms with Crippen molar-refractivity contribution < 1.29 is 0 Å². The molecule has 0 aromatic rings. The Labute approximate surface area is 89.1 Å². The summed E-state index contributed by atoms with van der Waals surface area (Å²) in [5.41, 5.74) is 0. The number of hydrogen-bond acceptors (Lipinski definition) is 1. The molecule has 0 aliphatic heterocycles. The SMILES string of the molecule is CC[CH2][Sn]([CH2]CC)([CH2]CC)[N](C)C. The van der Waals surface area contributed by atoms with E-state index >= 15 is 0 Å². The van der Waals surface area contributed by atoms with Crippen molar-refractivity contribution in [3.05, 3.63) is 0 Å². The van der Waals surface area contributed by atoms with Gasteiger partial charge in [0.1, 0.15) is 0 Å². The molecule has 0 saturated heterocycles. The Balaban J connectivity index is 4.38. The maximum atomic E-state index is 2.66. The third-order valence-corrected chi connectivity index (χ3v) is 20.8. The minimum absolute atomic E-state index is 1.40. The van der Waals surface area contributed by atoms with Crippen LogP contribution in [0.3, 0.4) is 0 Å². The molecule has 0 aromatic carbocycles. The van der Waals surface area contributed by atoms with Gasteiger partial charge < -0.3 is 0 Å². The van der Waals surface area contributed by atoms with Gasteiger partial charge in [0.05, 0.1) is 0 Å². The van der Waals surface area contributed by atoms with Gasteiger partial charge in [0.15, 0.2) is 0 Å². The second-order valence-electron chi connectivity index (χ2n) is 4.37. The number of nitrogens with zero attached hydrogens (tertiary/aromatic N) is 1. The molecule has 1 nitrogen and oxygen atoms in total. The van der Waals surface area contributed by atoms with Crippen molar-refractivity contribution in [2.75, 3.05) is 14.1 Å². The second-order valence-corrected chi connectivity index (χ2v) is 18.2. The van der Waals surface area contributed by atoms with Crippen LogP contribution in [-0.4, -0.2) is 35.9 Å². The van der Waals surface area contributed by atoms with E-state index in [1.165, 1.54) is 19.3 Å². The van der Waals surface area contributed by atoms with Crippen molar-refractivity contribution in [1.29, 1.82) is 0 Å². The molecule has 0 spiro atoms. The van der Waals surface area contributed by atoms with Crippen LogP contribution in [0.5, 0.6) is 0 Å². The van der Waals surface area contributed by atoms with E-state index in [2.05, 4.69) is 38.0 Å². The average Bonchev–Trinajstić information content (AvgIpc) is 2.05. The fourth-order valence-corrected chi connectivity index (χ4v) is 16.4. The normalized spacial score (nSPS) is 12.5. The van der Waals surface area contributed by atoms with Crippen LogP contribution in [0.25, 0.3) is 0 Å². The van der Waals surface area contributed by atoms with E-state index < -0.39 is 18.7 Å². The first-order valence-corrected chi connectivity index (χ1v) is 13.1. The van der Waals surface area contributed by atoms with Crippen LogP contribution in [0.2, 0.25) is 13.3 Å². The summed E-state index contributed by atoms with van der Waals surface area (Å²) < 4.78 is 7.33. The van der Waals surface area contributed by atoms with Crippen molar-refractivity contribution in [3.8, 4) is 0 Å². The third kappa shape index (κ3) is 4.20. The maximum absolute atomic E-state index is 2.66. The molecule has 0 aliphatic rings. The fraction of sp³-hybridized carbons (Fsp3) is 1.00. The van der Waals surface area contributed by atoms with Gasteiger partial charge >= 0.3 is 89.2 Å². The first kappa shape index (κ1) is 13.8. The quantitative estimate of drug-likeness (QED) is 0.646. The van der Waals surface area contributed by atoms with E-state index in [1.807, 2.05) is 0 Å². The van der Waals surface area contributed by atoms with Gasteiger partial charge in [-0.15, -0.1) is 0 Å². The molecule has 0 heterocycles. The van der Waals surface area contributed by atoms with E-state index in [1.54, 1.807) is 13.3 Å². The van der Waals surface area contributed by atoms with Gasteiger partial charge in [0.25, 0.3) is 0 Å². The Bertz CT molecular complexity index is 106.